The molecule has 1 aromatic heterocycles. The highest BCUT2D eigenvalue weighted by atomic mass is 35.5. The summed E-state index contributed by atoms with van der Waals surface area (Å²) in [4.78, 5) is 5.75. The lowest BCUT2D eigenvalue weighted by Gasteiger charge is -2.19. The SMILES string of the molecule is CCCN(CC)CCNCc1c[nH]c2cc(Cl)ccc12. The van der Waals surface area contributed by atoms with Gasteiger partial charge in [0, 0.05) is 41.8 Å². The molecule has 0 saturated carbocycles. The van der Waals surface area contributed by atoms with Crippen molar-refractivity contribution in [2.45, 2.75) is 26.8 Å². The zero-order chi connectivity index (χ0) is 14.4. The number of hydrogen-bond donors (Lipinski definition) is 2. The topological polar surface area (TPSA) is 31.1 Å². The maximum atomic E-state index is 5.99. The number of benzene rings is 1. The van der Waals surface area contributed by atoms with Crippen LogP contribution < -0.4 is 5.32 Å². The highest BCUT2D eigenvalue weighted by Gasteiger charge is 2.04. The summed E-state index contributed by atoms with van der Waals surface area (Å²) in [6.45, 7) is 9.79. The van der Waals surface area contributed by atoms with Crippen molar-refractivity contribution in [1.82, 2.24) is 15.2 Å². The first kappa shape index (κ1) is 15.4. The van der Waals surface area contributed by atoms with E-state index >= 15 is 0 Å². The first-order chi connectivity index (χ1) is 9.74. The van der Waals surface area contributed by atoms with E-state index < -0.39 is 0 Å². The first-order valence-corrected chi connectivity index (χ1v) is 7.81. The van der Waals surface area contributed by atoms with Crippen LogP contribution in [0.25, 0.3) is 10.9 Å². The Morgan fingerprint density at radius 2 is 2.10 bits per heavy atom. The third-order valence-electron chi connectivity index (χ3n) is 3.64. The molecule has 4 heteroatoms. The molecule has 3 nitrogen and oxygen atoms in total. The number of hydrogen-bond acceptors (Lipinski definition) is 2. The number of halogens is 1. The van der Waals surface area contributed by atoms with E-state index in [4.69, 9.17) is 11.6 Å². The summed E-state index contributed by atoms with van der Waals surface area (Å²) in [5.41, 5.74) is 2.41. The fourth-order valence-electron chi connectivity index (χ4n) is 2.51. The molecule has 2 N–H and O–H groups in total. The average molecular weight is 294 g/mol. The Hall–Kier alpha value is -1.03. The average Bonchev–Trinajstić information content (AvgIpc) is 2.84. The van der Waals surface area contributed by atoms with Crippen molar-refractivity contribution >= 4 is 22.5 Å². The lowest BCUT2D eigenvalue weighted by molar-refractivity contribution is 0.287. The number of fused-ring (bicyclic) bond motifs is 1. The maximum absolute atomic E-state index is 5.99. The fourth-order valence-corrected chi connectivity index (χ4v) is 2.68. The van der Waals surface area contributed by atoms with Crippen LogP contribution in [0, 0.1) is 0 Å². The van der Waals surface area contributed by atoms with Gasteiger partial charge in [-0.1, -0.05) is 31.5 Å². The molecule has 1 aromatic carbocycles. The van der Waals surface area contributed by atoms with Crippen molar-refractivity contribution < 1.29 is 0 Å². The van der Waals surface area contributed by atoms with Gasteiger partial charge in [-0.05, 0) is 37.2 Å². The van der Waals surface area contributed by atoms with Crippen LogP contribution >= 0.6 is 11.6 Å². The van der Waals surface area contributed by atoms with E-state index in [0.717, 1.165) is 36.7 Å². The Bertz CT molecular complexity index is 536. The Labute approximate surface area is 126 Å². The van der Waals surface area contributed by atoms with E-state index in [2.05, 4.69) is 41.3 Å². The molecule has 0 aliphatic heterocycles. The van der Waals surface area contributed by atoms with Gasteiger partial charge in [0.25, 0.3) is 0 Å². The Morgan fingerprint density at radius 1 is 1.25 bits per heavy atom. The smallest absolute Gasteiger partial charge is 0.0472 e. The quantitative estimate of drug-likeness (QED) is 0.728. The molecule has 2 aromatic rings. The van der Waals surface area contributed by atoms with Gasteiger partial charge in [0.2, 0.25) is 0 Å². The highest BCUT2D eigenvalue weighted by Crippen LogP contribution is 2.21. The van der Waals surface area contributed by atoms with Gasteiger partial charge >= 0.3 is 0 Å². The predicted molar refractivity (Wildman–Crippen MR) is 87.4 cm³/mol. The summed E-state index contributed by atoms with van der Waals surface area (Å²) in [5.74, 6) is 0. The second-order valence-corrected chi connectivity index (χ2v) is 5.55. The number of likely N-dealkylation sites (N-methyl/N-ethyl adjacent to an activating group) is 1. The van der Waals surface area contributed by atoms with Crippen molar-refractivity contribution in [2.75, 3.05) is 26.2 Å². The highest BCUT2D eigenvalue weighted by molar-refractivity contribution is 6.31. The van der Waals surface area contributed by atoms with Crippen LogP contribution in [0.4, 0.5) is 0 Å². The van der Waals surface area contributed by atoms with Gasteiger partial charge in [-0.2, -0.15) is 0 Å². The summed E-state index contributed by atoms with van der Waals surface area (Å²) in [5, 5.41) is 5.55. The van der Waals surface area contributed by atoms with E-state index in [0.29, 0.717) is 0 Å². The van der Waals surface area contributed by atoms with Crippen molar-refractivity contribution in [3.05, 3.63) is 35.0 Å². The molecule has 0 bridgehead atoms. The molecule has 2 rings (SSSR count). The molecular formula is C16H24ClN3. The number of H-pyrrole nitrogens is 1. The molecule has 0 amide bonds. The monoisotopic (exact) mass is 293 g/mol. The van der Waals surface area contributed by atoms with Gasteiger partial charge in [0.1, 0.15) is 0 Å². The van der Waals surface area contributed by atoms with Gasteiger partial charge in [-0.3, -0.25) is 0 Å². The molecule has 0 atom stereocenters. The molecule has 0 saturated heterocycles. The zero-order valence-corrected chi connectivity index (χ0v) is 13.1. The lowest BCUT2D eigenvalue weighted by atomic mass is 10.2. The molecule has 1 heterocycles. The van der Waals surface area contributed by atoms with E-state index in [1.165, 1.54) is 23.9 Å². The van der Waals surface area contributed by atoms with Gasteiger partial charge < -0.3 is 15.2 Å². The number of nitrogens with one attached hydrogen (secondary N) is 2. The summed E-state index contributed by atoms with van der Waals surface area (Å²) >= 11 is 5.99. The maximum Gasteiger partial charge on any atom is 0.0472 e. The predicted octanol–water partition coefficient (Wildman–Crippen LogP) is 3.64. The molecule has 0 aliphatic carbocycles. The Morgan fingerprint density at radius 3 is 2.85 bits per heavy atom. The van der Waals surface area contributed by atoms with Crippen molar-refractivity contribution in [1.29, 1.82) is 0 Å². The van der Waals surface area contributed by atoms with Gasteiger partial charge in [0.05, 0.1) is 0 Å². The van der Waals surface area contributed by atoms with Gasteiger partial charge in [0.15, 0.2) is 0 Å². The molecule has 0 spiro atoms. The van der Waals surface area contributed by atoms with Gasteiger partial charge in [-0.25, -0.2) is 0 Å². The molecule has 0 radical (unpaired) electrons. The van der Waals surface area contributed by atoms with Crippen molar-refractivity contribution in [3.63, 3.8) is 0 Å². The Kier molecular flexibility index (Phi) is 5.89. The van der Waals surface area contributed by atoms with Crippen LogP contribution in [0.3, 0.4) is 0 Å². The summed E-state index contributed by atoms with van der Waals surface area (Å²) in [6.07, 6.45) is 3.29. The summed E-state index contributed by atoms with van der Waals surface area (Å²) < 4.78 is 0. The molecular weight excluding hydrogens is 270 g/mol. The summed E-state index contributed by atoms with van der Waals surface area (Å²) in [6, 6.07) is 6.00. The molecule has 110 valence electrons. The minimum absolute atomic E-state index is 0.775. The number of aromatic nitrogens is 1. The molecule has 0 fully saturated rings. The normalized spacial score (nSPS) is 11.6. The van der Waals surface area contributed by atoms with E-state index in [9.17, 15) is 0 Å². The Balaban J connectivity index is 1.84. The van der Waals surface area contributed by atoms with Crippen LogP contribution in [-0.2, 0) is 6.54 Å². The number of nitrogens with zero attached hydrogens (tertiary/aromatic N) is 1. The van der Waals surface area contributed by atoms with Crippen LogP contribution in [0.15, 0.2) is 24.4 Å². The van der Waals surface area contributed by atoms with Crippen LogP contribution in [0.5, 0.6) is 0 Å². The van der Waals surface area contributed by atoms with E-state index in [-0.39, 0.29) is 0 Å². The lowest BCUT2D eigenvalue weighted by Crippen LogP contribution is -2.32. The van der Waals surface area contributed by atoms with Crippen LogP contribution in [-0.4, -0.2) is 36.1 Å². The summed E-state index contributed by atoms with van der Waals surface area (Å²) in [7, 11) is 0. The van der Waals surface area contributed by atoms with Crippen LogP contribution in [0.1, 0.15) is 25.8 Å². The standard InChI is InChI=1S/C16H24ClN3/c1-3-8-20(4-2)9-7-18-11-13-12-19-16-10-14(17)5-6-15(13)16/h5-6,10,12,18-19H,3-4,7-9,11H2,1-2H3. The van der Waals surface area contributed by atoms with Crippen LogP contribution in [0.2, 0.25) is 5.02 Å². The minimum atomic E-state index is 0.775. The first-order valence-electron chi connectivity index (χ1n) is 7.43. The fraction of sp³-hybridized carbons (Fsp3) is 0.500. The number of aromatic amines is 1. The van der Waals surface area contributed by atoms with Gasteiger partial charge in [-0.15, -0.1) is 0 Å². The van der Waals surface area contributed by atoms with E-state index in [1.54, 1.807) is 0 Å². The third-order valence-corrected chi connectivity index (χ3v) is 3.87. The van der Waals surface area contributed by atoms with Crippen molar-refractivity contribution in [3.8, 4) is 0 Å². The number of rotatable bonds is 8. The second kappa shape index (κ2) is 7.67. The third kappa shape index (κ3) is 3.98. The minimum Gasteiger partial charge on any atom is -0.361 e. The molecule has 0 aliphatic rings. The van der Waals surface area contributed by atoms with Crippen molar-refractivity contribution in [2.24, 2.45) is 0 Å². The molecule has 20 heavy (non-hydrogen) atoms. The largest absolute Gasteiger partial charge is 0.361 e. The zero-order valence-electron chi connectivity index (χ0n) is 12.4. The van der Waals surface area contributed by atoms with E-state index in [1.807, 2.05) is 12.1 Å². The second-order valence-electron chi connectivity index (χ2n) is 5.11. The molecule has 0 unspecified atom stereocenters.